The zero-order chi connectivity index (χ0) is 11.1. The van der Waals surface area contributed by atoms with Gasteiger partial charge < -0.3 is 10.5 Å². The minimum Gasteiger partial charge on any atom is -0.381 e. The summed E-state index contributed by atoms with van der Waals surface area (Å²) in [5, 5.41) is 0. The molecular formula is C12H20N2O. The summed E-state index contributed by atoms with van der Waals surface area (Å²) in [5.74, 6) is 0. The molecule has 1 aromatic rings. The highest BCUT2D eigenvalue weighted by Crippen LogP contribution is 2.12. The van der Waals surface area contributed by atoms with Crippen LogP contribution in [0.2, 0.25) is 0 Å². The molecule has 0 saturated heterocycles. The topological polar surface area (TPSA) is 48.1 Å². The lowest BCUT2D eigenvalue weighted by atomic mass is 10.1. The van der Waals surface area contributed by atoms with E-state index in [4.69, 9.17) is 10.5 Å². The number of pyridine rings is 1. The third-order valence-electron chi connectivity index (χ3n) is 2.28. The standard InChI is InChI=1S/C12H20N2O/c1-3-7-15-8-6-12(13)11-5-4-10(2)14-9-11/h4-5,9,12H,3,6-8,13H2,1-2H3. The van der Waals surface area contributed by atoms with Gasteiger partial charge in [-0.15, -0.1) is 0 Å². The zero-order valence-corrected chi connectivity index (χ0v) is 9.57. The van der Waals surface area contributed by atoms with Crippen molar-refractivity contribution in [3.05, 3.63) is 29.6 Å². The maximum atomic E-state index is 6.01. The zero-order valence-electron chi connectivity index (χ0n) is 9.57. The highest BCUT2D eigenvalue weighted by Gasteiger charge is 2.05. The molecule has 1 unspecified atom stereocenters. The molecule has 3 heteroatoms. The molecule has 3 nitrogen and oxygen atoms in total. The Morgan fingerprint density at radius 2 is 2.20 bits per heavy atom. The molecule has 0 radical (unpaired) electrons. The normalized spacial score (nSPS) is 12.7. The molecule has 1 heterocycles. The van der Waals surface area contributed by atoms with E-state index < -0.39 is 0 Å². The van der Waals surface area contributed by atoms with Gasteiger partial charge in [0.2, 0.25) is 0 Å². The van der Waals surface area contributed by atoms with Crippen molar-refractivity contribution in [1.29, 1.82) is 0 Å². The molecule has 15 heavy (non-hydrogen) atoms. The molecule has 0 fully saturated rings. The third kappa shape index (κ3) is 4.40. The van der Waals surface area contributed by atoms with E-state index in [1.54, 1.807) is 0 Å². The van der Waals surface area contributed by atoms with Crippen molar-refractivity contribution in [2.75, 3.05) is 13.2 Å². The second kappa shape index (κ2) is 6.53. The van der Waals surface area contributed by atoms with E-state index in [0.717, 1.165) is 37.3 Å². The maximum Gasteiger partial charge on any atom is 0.0484 e. The molecule has 0 aliphatic heterocycles. The lowest BCUT2D eigenvalue weighted by molar-refractivity contribution is 0.128. The minimum absolute atomic E-state index is 0.0370. The molecule has 0 amide bonds. The predicted octanol–water partition coefficient (Wildman–Crippen LogP) is 2.21. The van der Waals surface area contributed by atoms with Crippen LogP contribution in [0, 0.1) is 6.92 Å². The average molecular weight is 208 g/mol. The number of hydrogen-bond donors (Lipinski definition) is 1. The molecule has 1 atom stereocenters. The molecule has 0 bridgehead atoms. The van der Waals surface area contributed by atoms with Crippen LogP contribution in [0.3, 0.4) is 0 Å². The van der Waals surface area contributed by atoms with Crippen molar-refractivity contribution in [1.82, 2.24) is 4.98 Å². The Kier molecular flexibility index (Phi) is 5.29. The van der Waals surface area contributed by atoms with Gasteiger partial charge in [0.15, 0.2) is 0 Å². The summed E-state index contributed by atoms with van der Waals surface area (Å²) in [5.41, 5.74) is 8.11. The van der Waals surface area contributed by atoms with Crippen molar-refractivity contribution >= 4 is 0 Å². The van der Waals surface area contributed by atoms with Crippen LogP contribution >= 0.6 is 0 Å². The van der Waals surface area contributed by atoms with Gasteiger partial charge in [0.05, 0.1) is 0 Å². The summed E-state index contributed by atoms with van der Waals surface area (Å²) in [4.78, 5) is 4.22. The first-order valence-electron chi connectivity index (χ1n) is 5.50. The monoisotopic (exact) mass is 208 g/mol. The first kappa shape index (κ1) is 12.1. The maximum absolute atomic E-state index is 6.01. The van der Waals surface area contributed by atoms with Crippen LogP contribution in [-0.4, -0.2) is 18.2 Å². The van der Waals surface area contributed by atoms with Gasteiger partial charge in [0.25, 0.3) is 0 Å². The first-order chi connectivity index (χ1) is 7.24. The Labute approximate surface area is 91.7 Å². The fraction of sp³-hybridized carbons (Fsp3) is 0.583. The van der Waals surface area contributed by atoms with E-state index in [1.807, 2.05) is 25.3 Å². The van der Waals surface area contributed by atoms with E-state index in [2.05, 4.69) is 11.9 Å². The number of rotatable bonds is 6. The summed E-state index contributed by atoms with van der Waals surface area (Å²) in [6, 6.07) is 4.06. The van der Waals surface area contributed by atoms with Gasteiger partial charge in [-0.05, 0) is 31.4 Å². The van der Waals surface area contributed by atoms with E-state index in [9.17, 15) is 0 Å². The quantitative estimate of drug-likeness (QED) is 0.729. The van der Waals surface area contributed by atoms with Crippen LogP contribution in [0.1, 0.15) is 37.1 Å². The second-order valence-corrected chi connectivity index (χ2v) is 3.74. The van der Waals surface area contributed by atoms with Crippen LogP contribution in [0.4, 0.5) is 0 Å². The fourth-order valence-corrected chi connectivity index (χ4v) is 1.32. The van der Waals surface area contributed by atoms with Crippen LogP contribution in [0.25, 0.3) is 0 Å². The van der Waals surface area contributed by atoms with E-state index >= 15 is 0 Å². The molecule has 84 valence electrons. The van der Waals surface area contributed by atoms with Gasteiger partial charge in [0, 0.05) is 31.1 Å². The Morgan fingerprint density at radius 1 is 1.40 bits per heavy atom. The van der Waals surface area contributed by atoms with Gasteiger partial charge in [-0.3, -0.25) is 4.98 Å². The van der Waals surface area contributed by atoms with Crippen molar-refractivity contribution in [3.63, 3.8) is 0 Å². The largest absolute Gasteiger partial charge is 0.381 e. The number of ether oxygens (including phenoxy) is 1. The highest BCUT2D eigenvalue weighted by molar-refractivity contribution is 5.16. The van der Waals surface area contributed by atoms with Crippen molar-refractivity contribution in [2.45, 2.75) is 32.7 Å². The predicted molar refractivity (Wildman–Crippen MR) is 61.6 cm³/mol. The van der Waals surface area contributed by atoms with Crippen LogP contribution in [-0.2, 0) is 4.74 Å². The molecule has 2 N–H and O–H groups in total. The smallest absolute Gasteiger partial charge is 0.0484 e. The summed E-state index contributed by atoms with van der Waals surface area (Å²) >= 11 is 0. The molecule has 0 aliphatic rings. The Hall–Kier alpha value is -0.930. The number of aromatic nitrogens is 1. The SMILES string of the molecule is CCCOCCC(N)c1ccc(C)nc1. The van der Waals surface area contributed by atoms with Crippen LogP contribution < -0.4 is 5.73 Å². The van der Waals surface area contributed by atoms with E-state index in [0.29, 0.717) is 0 Å². The second-order valence-electron chi connectivity index (χ2n) is 3.74. The highest BCUT2D eigenvalue weighted by atomic mass is 16.5. The number of nitrogens with two attached hydrogens (primary N) is 1. The first-order valence-corrected chi connectivity index (χ1v) is 5.50. The Balaban J connectivity index is 2.33. The van der Waals surface area contributed by atoms with Crippen molar-refractivity contribution in [2.24, 2.45) is 5.73 Å². The summed E-state index contributed by atoms with van der Waals surface area (Å²) in [7, 11) is 0. The fourth-order valence-electron chi connectivity index (χ4n) is 1.32. The minimum atomic E-state index is 0.0370. The molecule has 0 aliphatic carbocycles. The lowest BCUT2D eigenvalue weighted by Gasteiger charge is -2.11. The Morgan fingerprint density at radius 3 is 2.80 bits per heavy atom. The van der Waals surface area contributed by atoms with E-state index in [-0.39, 0.29) is 6.04 Å². The van der Waals surface area contributed by atoms with Gasteiger partial charge >= 0.3 is 0 Å². The summed E-state index contributed by atoms with van der Waals surface area (Å²) in [6.45, 7) is 5.62. The molecule has 1 aromatic heterocycles. The molecule has 0 spiro atoms. The van der Waals surface area contributed by atoms with Gasteiger partial charge in [-0.1, -0.05) is 13.0 Å². The van der Waals surface area contributed by atoms with Gasteiger partial charge in [-0.25, -0.2) is 0 Å². The molecule has 0 saturated carbocycles. The third-order valence-corrected chi connectivity index (χ3v) is 2.28. The Bertz CT molecular complexity index is 271. The van der Waals surface area contributed by atoms with Gasteiger partial charge in [0.1, 0.15) is 0 Å². The number of nitrogens with zero attached hydrogens (tertiary/aromatic N) is 1. The average Bonchev–Trinajstić information content (AvgIpc) is 2.25. The van der Waals surface area contributed by atoms with E-state index in [1.165, 1.54) is 0 Å². The molecule has 1 rings (SSSR count). The van der Waals surface area contributed by atoms with Crippen molar-refractivity contribution < 1.29 is 4.74 Å². The van der Waals surface area contributed by atoms with Crippen molar-refractivity contribution in [3.8, 4) is 0 Å². The van der Waals surface area contributed by atoms with Gasteiger partial charge in [-0.2, -0.15) is 0 Å². The summed E-state index contributed by atoms with van der Waals surface area (Å²) in [6.07, 6.45) is 3.76. The number of hydrogen-bond acceptors (Lipinski definition) is 3. The molecule has 0 aromatic carbocycles. The van der Waals surface area contributed by atoms with Crippen LogP contribution in [0.15, 0.2) is 18.3 Å². The lowest BCUT2D eigenvalue weighted by Crippen LogP contribution is -2.13. The van der Waals surface area contributed by atoms with Crippen LogP contribution in [0.5, 0.6) is 0 Å². The molecular weight excluding hydrogens is 188 g/mol. The number of aryl methyl sites for hydroxylation is 1. The summed E-state index contributed by atoms with van der Waals surface area (Å²) < 4.78 is 5.40.